The molecule has 17 heavy (non-hydrogen) atoms. The summed E-state index contributed by atoms with van der Waals surface area (Å²) in [5.41, 5.74) is 0. The van der Waals surface area contributed by atoms with E-state index in [1.165, 1.54) is 7.11 Å². The van der Waals surface area contributed by atoms with Gasteiger partial charge in [0.15, 0.2) is 0 Å². The number of hydrogen-bond donors (Lipinski definition) is 1. The third kappa shape index (κ3) is 5.65. The number of methoxy groups -OCH3 is 1. The lowest BCUT2D eigenvalue weighted by Gasteiger charge is -2.09. The Labute approximate surface area is 106 Å². The standard InChI is InChI=1S/C10H18ClN5O/c1-16(2)7-5-4-6-12-9-13-8(11)14-10(15-9)17-3/h4-7H2,1-3H3,(H,12,13,14,15). The number of hydrogen-bond acceptors (Lipinski definition) is 6. The maximum atomic E-state index is 5.72. The third-order valence-electron chi connectivity index (χ3n) is 2.09. The molecule has 0 saturated heterocycles. The van der Waals surface area contributed by atoms with Crippen LogP contribution in [0.15, 0.2) is 0 Å². The van der Waals surface area contributed by atoms with Crippen LogP contribution in [-0.4, -0.2) is 54.1 Å². The lowest BCUT2D eigenvalue weighted by Crippen LogP contribution is -2.14. The van der Waals surface area contributed by atoms with Crippen molar-refractivity contribution in [2.24, 2.45) is 0 Å². The van der Waals surface area contributed by atoms with Gasteiger partial charge in [-0.1, -0.05) is 0 Å². The summed E-state index contributed by atoms with van der Waals surface area (Å²) >= 11 is 5.72. The first-order valence-electron chi connectivity index (χ1n) is 5.46. The SMILES string of the molecule is COc1nc(Cl)nc(NCCCCN(C)C)n1. The molecule has 1 heterocycles. The van der Waals surface area contributed by atoms with Crippen LogP contribution in [0.3, 0.4) is 0 Å². The number of nitrogens with one attached hydrogen (secondary N) is 1. The van der Waals surface area contributed by atoms with Gasteiger partial charge in [-0.15, -0.1) is 0 Å². The summed E-state index contributed by atoms with van der Waals surface area (Å²) in [6.07, 6.45) is 2.17. The van der Waals surface area contributed by atoms with E-state index in [9.17, 15) is 0 Å². The van der Waals surface area contributed by atoms with Crippen LogP contribution in [0.4, 0.5) is 5.95 Å². The van der Waals surface area contributed by atoms with E-state index in [-0.39, 0.29) is 11.3 Å². The Morgan fingerprint density at radius 1 is 1.24 bits per heavy atom. The summed E-state index contributed by atoms with van der Waals surface area (Å²) in [4.78, 5) is 13.9. The molecule has 0 radical (unpaired) electrons. The minimum Gasteiger partial charge on any atom is -0.467 e. The molecule has 0 aliphatic carbocycles. The van der Waals surface area contributed by atoms with Gasteiger partial charge in [-0.05, 0) is 45.1 Å². The fourth-order valence-corrected chi connectivity index (χ4v) is 1.41. The summed E-state index contributed by atoms with van der Waals surface area (Å²) in [7, 11) is 5.61. The fraction of sp³-hybridized carbons (Fsp3) is 0.700. The van der Waals surface area contributed by atoms with Crippen LogP contribution in [0.25, 0.3) is 0 Å². The maximum absolute atomic E-state index is 5.72. The van der Waals surface area contributed by atoms with Gasteiger partial charge in [0, 0.05) is 6.54 Å². The summed E-state index contributed by atoms with van der Waals surface area (Å²) in [5.74, 6) is 0.451. The molecule has 0 aliphatic rings. The van der Waals surface area contributed by atoms with Crippen molar-refractivity contribution in [2.75, 3.05) is 39.6 Å². The molecule has 6 nitrogen and oxygen atoms in total. The zero-order valence-corrected chi connectivity index (χ0v) is 11.2. The number of ether oxygens (including phenoxy) is 1. The quantitative estimate of drug-likeness (QED) is 0.745. The fourth-order valence-electron chi connectivity index (χ4n) is 1.26. The molecule has 1 aromatic heterocycles. The van der Waals surface area contributed by atoms with Crippen molar-refractivity contribution in [2.45, 2.75) is 12.8 Å². The number of aromatic nitrogens is 3. The first-order valence-corrected chi connectivity index (χ1v) is 5.84. The normalized spacial score (nSPS) is 10.6. The highest BCUT2D eigenvalue weighted by atomic mass is 35.5. The molecule has 0 spiro atoms. The average Bonchev–Trinajstić information content (AvgIpc) is 2.27. The van der Waals surface area contributed by atoms with E-state index in [0.717, 1.165) is 25.9 Å². The second-order valence-corrected chi connectivity index (χ2v) is 4.19. The van der Waals surface area contributed by atoms with Crippen molar-refractivity contribution in [1.29, 1.82) is 0 Å². The highest BCUT2D eigenvalue weighted by Gasteiger charge is 2.03. The first kappa shape index (κ1) is 13.9. The Morgan fingerprint density at radius 3 is 2.65 bits per heavy atom. The Kier molecular flexibility index (Phi) is 5.93. The molecule has 0 saturated carbocycles. The molecule has 0 fully saturated rings. The van der Waals surface area contributed by atoms with Crippen LogP contribution in [0.2, 0.25) is 5.28 Å². The molecule has 7 heteroatoms. The Balaban J connectivity index is 2.33. The molecular weight excluding hydrogens is 242 g/mol. The Bertz CT molecular complexity index is 347. The third-order valence-corrected chi connectivity index (χ3v) is 2.25. The van der Waals surface area contributed by atoms with Gasteiger partial charge in [-0.25, -0.2) is 0 Å². The summed E-state index contributed by atoms with van der Waals surface area (Å²) < 4.78 is 4.90. The molecule has 0 unspecified atom stereocenters. The molecule has 1 rings (SSSR count). The zero-order chi connectivity index (χ0) is 12.7. The summed E-state index contributed by atoms with van der Waals surface area (Å²) in [5, 5.41) is 3.22. The number of rotatable bonds is 7. The molecule has 1 N–H and O–H groups in total. The van der Waals surface area contributed by atoms with Crippen LogP contribution in [0, 0.1) is 0 Å². The summed E-state index contributed by atoms with van der Waals surface area (Å²) in [6, 6.07) is 0.223. The molecule has 0 aromatic carbocycles. The van der Waals surface area contributed by atoms with E-state index in [0.29, 0.717) is 5.95 Å². The minimum absolute atomic E-state index is 0.132. The molecule has 0 aliphatic heterocycles. The second-order valence-electron chi connectivity index (χ2n) is 3.85. The van der Waals surface area contributed by atoms with E-state index in [4.69, 9.17) is 16.3 Å². The van der Waals surface area contributed by atoms with Gasteiger partial charge < -0.3 is 15.0 Å². The molecule has 96 valence electrons. The number of unbranched alkanes of at least 4 members (excludes halogenated alkanes) is 1. The maximum Gasteiger partial charge on any atom is 0.322 e. The Morgan fingerprint density at radius 2 is 2.00 bits per heavy atom. The van der Waals surface area contributed by atoms with Crippen molar-refractivity contribution in [3.8, 4) is 6.01 Å². The van der Waals surface area contributed by atoms with Crippen molar-refractivity contribution in [3.05, 3.63) is 5.28 Å². The van der Waals surface area contributed by atoms with Gasteiger partial charge in [0.25, 0.3) is 0 Å². The monoisotopic (exact) mass is 259 g/mol. The summed E-state index contributed by atoms with van der Waals surface area (Å²) in [6.45, 7) is 1.88. The van der Waals surface area contributed by atoms with E-state index < -0.39 is 0 Å². The van der Waals surface area contributed by atoms with Crippen molar-refractivity contribution in [1.82, 2.24) is 19.9 Å². The minimum atomic E-state index is 0.132. The van der Waals surface area contributed by atoms with Crippen molar-refractivity contribution >= 4 is 17.5 Å². The van der Waals surface area contributed by atoms with Crippen LogP contribution in [0.5, 0.6) is 6.01 Å². The van der Waals surface area contributed by atoms with Gasteiger partial charge >= 0.3 is 6.01 Å². The number of nitrogens with zero attached hydrogens (tertiary/aromatic N) is 4. The van der Waals surface area contributed by atoms with Crippen molar-refractivity contribution < 1.29 is 4.74 Å². The Hall–Kier alpha value is -1.14. The van der Waals surface area contributed by atoms with Gasteiger partial charge in [0.1, 0.15) is 0 Å². The van der Waals surface area contributed by atoms with Crippen LogP contribution < -0.4 is 10.1 Å². The van der Waals surface area contributed by atoms with E-state index >= 15 is 0 Å². The van der Waals surface area contributed by atoms with Crippen molar-refractivity contribution in [3.63, 3.8) is 0 Å². The molecule has 0 bridgehead atoms. The predicted octanol–water partition coefficient (Wildman–Crippen LogP) is 1.29. The van der Waals surface area contributed by atoms with Gasteiger partial charge in [0.2, 0.25) is 11.2 Å². The molecular formula is C10H18ClN5O. The smallest absolute Gasteiger partial charge is 0.322 e. The van der Waals surface area contributed by atoms with E-state index in [1.807, 2.05) is 0 Å². The van der Waals surface area contributed by atoms with Crippen LogP contribution >= 0.6 is 11.6 Å². The largest absolute Gasteiger partial charge is 0.467 e. The number of halogens is 1. The molecule has 0 atom stereocenters. The first-order chi connectivity index (χ1) is 8.11. The molecule has 0 amide bonds. The predicted molar refractivity (Wildman–Crippen MR) is 67.7 cm³/mol. The highest BCUT2D eigenvalue weighted by molar-refractivity contribution is 6.28. The average molecular weight is 260 g/mol. The lowest BCUT2D eigenvalue weighted by atomic mass is 10.3. The zero-order valence-electron chi connectivity index (χ0n) is 10.4. The van der Waals surface area contributed by atoms with Gasteiger partial charge in [-0.3, -0.25) is 0 Å². The lowest BCUT2D eigenvalue weighted by molar-refractivity contribution is 0.378. The van der Waals surface area contributed by atoms with Gasteiger partial charge in [-0.2, -0.15) is 15.0 Å². The highest BCUT2D eigenvalue weighted by Crippen LogP contribution is 2.10. The van der Waals surface area contributed by atoms with Gasteiger partial charge in [0.05, 0.1) is 7.11 Å². The van der Waals surface area contributed by atoms with E-state index in [1.54, 1.807) is 0 Å². The topological polar surface area (TPSA) is 63.2 Å². The van der Waals surface area contributed by atoms with Crippen LogP contribution in [-0.2, 0) is 0 Å². The van der Waals surface area contributed by atoms with E-state index in [2.05, 4.69) is 39.3 Å². The second kappa shape index (κ2) is 7.24. The number of anilines is 1. The van der Waals surface area contributed by atoms with Crippen LogP contribution in [0.1, 0.15) is 12.8 Å². The molecule has 1 aromatic rings.